The summed E-state index contributed by atoms with van der Waals surface area (Å²) in [4.78, 5) is 21.8. The topological polar surface area (TPSA) is 84.7 Å². The molecule has 0 fully saturated rings. The Labute approximate surface area is 188 Å². The molecule has 8 heteroatoms. The molecule has 2 aromatic heterocycles. The summed E-state index contributed by atoms with van der Waals surface area (Å²) in [6.07, 6.45) is 2.18. The summed E-state index contributed by atoms with van der Waals surface area (Å²) in [6, 6.07) is 8.02. The first-order valence-corrected chi connectivity index (χ1v) is 11.7. The Morgan fingerprint density at radius 3 is 2.71 bits per heavy atom. The smallest absolute Gasteiger partial charge is 0.224 e. The van der Waals surface area contributed by atoms with Gasteiger partial charge in [-0.3, -0.25) is 4.79 Å². The number of thioether (sulfide) groups is 1. The number of hydrogen-bond donors (Lipinski definition) is 2. The van der Waals surface area contributed by atoms with Crippen LogP contribution in [0.5, 0.6) is 0 Å². The van der Waals surface area contributed by atoms with E-state index in [1.807, 2.05) is 35.9 Å². The van der Waals surface area contributed by atoms with Crippen molar-refractivity contribution < 1.29 is 4.79 Å². The number of fused-ring (bicyclic) bond motifs is 1. The van der Waals surface area contributed by atoms with Crippen molar-refractivity contribution in [2.75, 3.05) is 18.4 Å². The molecule has 7 nitrogen and oxygen atoms in total. The lowest BCUT2D eigenvalue weighted by molar-refractivity contribution is -0.120. The molecule has 2 N–H and O–H groups in total. The number of aromatic nitrogens is 4. The summed E-state index contributed by atoms with van der Waals surface area (Å²) in [5.74, 6) is 1.33. The fraction of sp³-hybridized carbons (Fsp3) is 0.478. The van der Waals surface area contributed by atoms with Crippen molar-refractivity contribution in [2.24, 2.45) is 5.92 Å². The van der Waals surface area contributed by atoms with Crippen molar-refractivity contribution in [3.63, 3.8) is 0 Å². The van der Waals surface area contributed by atoms with E-state index < -0.39 is 0 Å². The zero-order valence-corrected chi connectivity index (χ0v) is 19.8. The summed E-state index contributed by atoms with van der Waals surface area (Å²) in [6.45, 7) is 12.5. The molecule has 0 saturated carbocycles. The van der Waals surface area contributed by atoms with E-state index in [-0.39, 0.29) is 5.91 Å². The first-order valence-electron chi connectivity index (χ1n) is 10.8. The van der Waals surface area contributed by atoms with Gasteiger partial charge in [-0.1, -0.05) is 69.3 Å². The SMILES string of the molecule is Cc1cccc(CC(=O)NCCn2ncc3c(NCC(C)C)nc(SC(C)C)nc32)c1. The largest absolute Gasteiger partial charge is 0.369 e. The van der Waals surface area contributed by atoms with Gasteiger partial charge in [0, 0.05) is 18.3 Å². The van der Waals surface area contributed by atoms with Crippen molar-refractivity contribution in [3.05, 3.63) is 41.6 Å². The molecular weight excluding hydrogens is 408 g/mol. The molecule has 1 amide bonds. The van der Waals surface area contributed by atoms with Crippen LogP contribution in [0.4, 0.5) is 5.82 Å². The zero-order chi connectivity index (χ0) is 22.4. The number of benzene rings is 1. The van der Waals surface area contributed by atoms with Crippen LogP contribution in [0.2, 0.25) is 0 Å². The lowest BCUT2D eigenvalue weighted by Gasteiger charge is -2.12. The maximum Gasteiger partial charge on any atom is 0.224 e. The highest BCUT2D eigenvalue weighted by atomic mass is 32.2. The van der Waals surface area contributed by atoms with Gasteiger partial charge in [0.25, 0.3) is 0 Å². The Balaban J connectivity index is 1.69. The Kier molecular flexibility index (Phi) is 7.90. The minimum atomic E-state index is 0.00651. The third kappa shape index (κ3) is 6.69. The van der Waals surface area contributed by atoms with Crippen LogP contribution in [0.25, 0.3) is 11.0 Å². The second-order valence-electron chi connectivity index (χ2n) is 8.42. The molecule has 0 saturated heterocycles. The molecule has 3 rings (SSSR count). The van der Waals surface area contributed by atoms with Crippen molar-refractivity contribution in [1.29, 1.82) is 0 Å². The fourth-order valence-corrected chi connectivity index (χ4v) is 3.87. The van der Waals surface area contributed by atoms with Crippen LogP contribution in [0, 0.1) is 12.8 Å². The van der Waals surface area contributed by atoms with E-state index in [4.69, 9.17) is 9.97 Å². The minimum absolute atomic E-state index is 0.00651. The highest BCUT2D eigenvalue weighted by Gasteiger charge is 2.15. The summed E-state index contributed by atoms with van der Waals surface area (Å²) < 4.78 is 1.84. The van der Waals surface area contributed by atoms with E-state index in [0.717, 1.165) is 39.7 Å². The molecule has 31 heavy (non-hydrogen) atoms. The van der Waals surface area contributed by atoms with E-state index in [0.29, 0.717) is 30.7 Å². The molecule has 2 heterocycles. The molecule has 166 valence electrons. The van der Waals surface area contributed by atoms with Gasteiger partial charge < -0.3 is 10.6 Å². The third-order valence-corrected chi connectivity index (χ3v) is 5.45. The molecule has 0 bridgehead atoms. The van der Waals surface area contributed by atoms with Crippen LogP contribution < -0.4 is 10.6 Å². The van der Waals surface area contributed by atoms with Gasteiger partial charge in [-0.25, -0.2) is 14.6 Å². The number of carbonyl (C=O) groups excluding carboxylic acids is 1. The predicted octanol–water partition coefficient (Wildman–Crippen LogP) is 4.06. The van der Waals surface area contributed by atoms with E-state index in [1.165, 1.54) is 0 Å². The highest BCUT2D eigenvalue weighted by Crippen LogP contribution is 2.26. The molecule has 0 aliphatic carbocycles. The lowest BCUT2D eigenvalue weighted by atomic mass is 10.1. The van der Waals surface area contributed by atoms with Gasteiger partial charge in [0.1, 0.15) is 5.82 Å². The number of nitrogens with one attached hydrogen (secondary N) is 2. The van der Waals surface area contributed by atoms with E-state index >= 15 is 0 Å². The predicted molar refractivity (Wildman–Crippen MR) is 128 cm³/mol. The molecule has 3 aromatic rings. The number of amides is 1. The van der Waals surface area contributed by atoms with Crippen LogP contribution in [0.15, 0.2) is 35.6 Å². The van der Waals surface area contributed by atoms with Crippen LogP contribution in [-0.2, 0) is 17.8 Å². The molecule has 0 radical (unpaired) electrons. The van der Waals surface area contributed by atoms with Gasteiger partial charge in [-0.2, -0.15) is 5.10 Å². The van der Waals surface area contributed by atoms with Crippen LogP contribution in [0.3, 0.4) is 0 Å². The second-order valence-corrected chi connectivity index (χ2v) is 9.96. The Morgan fingerprint density at radius 2 is 2.00 bits per heavy atom. The van der Waals surface area contributed by atoms with Crippen molar-refractivity contribution in [1.82, 2.24) is 25.1 Å². The van der Waals surface area contributed by atoms with Gasteiger partial charge in [0.05, 0.1) is 24.5 Å². The summed E-state index contributed by atoms with van der Waals surface area (Å²) >= 11 is 1.63. The monoisotopic (exact) mass is 440 g/mol. The molecule has 0 atom stereocenters. The number of carbonyl (C=O) groups is 1. The van der Waals surface area contributed by atoms with Crippen molar-refractivity contribution in [3.8, 4) is 0 Å². The summed E-state index contributed by atoms with van der Waals surface area (Å²) in [5, 5.41) is 13.0. The van der Waals surface area contributed by atoms with Crippen LogP contribution in [-0.4, -0.2) is 44.0 Å². The van der Waals surface area contributed by atoms with Gasteiger partial charge in [0.2, 0.25) is 5.91 Å². The molecule has 0 aliphatic rings. The third-order valence-electron chi connectivity index (χ3n) is 4.59. The molecule has 0 aliphatic heterocycles. The van der Waals surface area contributed by atoms with Gasteiger partial charge in [0.15, 0.2) is 10.8 Å². The van der Waals surface area contributed by atoms with Gasteiger partial charge in [-0.15, -0.1) is 0 Å². The zero-order valence-electron chi connectivity index (χ0n) is 19.0. The standard InChI is InChI=1S/C23H32N6OS/c1-15(2)13-25-21-19-14-26-29(22(19)28-23(27-21)31-16(3)4)10-9-24-20(30)12-18-8-6-7-17(5)11-18/h6-8,11,14-16H,9-10,12-13H2,1-5H3,(H,24,30)(H,25,27,28). The molecule has 0 unspecified atom stereocenters. The average Bonchev–Trinajstić information content (AvgIpc) is 3.08. The summed E-state index contributed by atoms with van der Waals surface area (Å²) in [5.41, 5.74) is 2.97. The first-order chi connectivity index (χ1) is 14.8. The van der Waals surface area contributed by atoms with Gasteiger partial charge in [-0.05, 0) is 18.4 Å². The molecular formula is C23H32N6OS. The number of anilines is 1. The number of rotatable bonds is 10. The first kappa shape index (κ1) is 23.1. The van der Waals surface area contributed by atoms with Crippen molar-refractivity contribution in [2.45, 2.75) is 58.0 Å². The molecule has 1 aromatic carbocycles. The fourth-order valence-electron chi connectivity index (χ4n) is 3.17. The summed E-state index contributed by atoms with van der Waals surface area (Å²) in [7, 11) is 0. The Morgan fingerprint density at radius 1 is 1.19 bits per heavy atom. The van der Waals surface area contributed by atoms with E-state index in [9.17, 15) is 4.79 Å². The maximum absolute atomic E-state index is 12.3. The number of aryl methyl sites for hydroxylation is 1. The molecule has 0 spiro atoms. The Hall–Kier alpha value is -2.61. The Bertz CT molecular complexity index is 1030. The maximum atomic E-state index is 12.3. The number of hydrogen-bond acceptors (Lipinski definition) is 6. The van der Waals surface area contributed by atoms with E-state index in [1.54, 1.807) is 18.0 Å². The quantitative estimate of drug-likeness (QED) is 0.365. The van der Waals surface area contributed by atoms with Gasteiger partial charge >= 0.3 is 0 Å². The van der Waals surface area contributed by atoms with E-state index in [2.05, 4.69) is 43.4 Å². The van der Waals surface area contributed by atoms with Crippen LogP contribution in [0.1, 0.15) is 38.8 Å². The van der Waals surface area contributed by atoms with Crippen molar-refractivity contribution >= 4 is 34.5 Å². The normalized spacial score (nSPS) is 11.5. The average molecular weight is 441 g/mol. The lowest BCUT2D eigenvalue weighted by Crippen LogP contribution is -2.29. The number of nitrogens with zero attached hydrogens (tertiary/aromatic N) is 4. The van der Waals surface area contributed by atoms with Crippen LogP contribution >= 0.6 is 11.8 Å². The minimum Gasteiger partial charge on any atom is -0.369 e. The highest BCUT2D eigenvalue weighted by molar-refractivity contribution is 7.99. The second kappa shape index (κ2) is 10.6.